The maximum Gasteiger partial charge on any atom is 0.263 e. The number of benzene rings is 1. The number of carbonyl (C=O) groups is 1. The van der Waals surface area contributed by atoms with E-state index in [2.05, 4.69) is 10.3 Å². The number of nitrogens with two attached hydrogens (primary N) is 1. The van der Waals surface area contributed by atoms with E-state index in [0.717, 1.165) is 16.4 Å². The lowest BCUT2D eigenvalue weighted by molar-refractivity contribution is 0.0956. The van der Waals surface area contributed by atoms with E-state index >= 15 is 0 Å². The number of rotatable bonds is 7. The first-order valence-corrected chi connectivity index (χ1v) is 11.2. The van der Waals surface area contributed by atoms with Crippen LogP contribution < -0.4 is 10.5 Å². The molecule has 0 aliphatic rings. The van der Waals surface area contributed by atoms with Crippen LogP contribution in [0.4, 0.5) is 0 Å². The van der Waals surface area contributed by atoms with Crippen LogP contribution in [0.5, 0.6) is 0 Å². The molecule has 0 unspecified atom stereocenters. The smallest absolute Gasteiger partial charge is 0.263 e. The van der Waals surface area contributed by atoms with Crippen LogP contribution in [0.3, 0.4) is 0 Å². The summed E-state index contributed by atoms with van der Waals surface area (Å²) in [6.45, 7) is 4.46. The minimum absolute atomic E-state index is 0.0732. The maximum atomic E-state index is 12.7. The number of nitrogens with zero attached hydrogens (tertiary/aromatic N) is 2. The largest absolute Gasteiger partial charge is 0.351 e. The van der Waals surface area contributed by atoms with E-state index in [-0.39, 0.29) is 16.7 Å². The molecule has 0 aliphatic heterocycles. The molecule has 0 saturated heterocycles. The predicted molar refractivity (Wildman–Crippen MR) is 109 cm³/mol. The molecule has 2 heterocycles. The Morgan fingerprint density at radius 1 is 1.21 bits per heavy atom. The summed E-state index contributed by atoms with van der Waals surface area (Å²) < 4.78 is 24.5. The van der Waals surface area contributed by atoms with Crippen molar-refractivity contribution in [2.24, 2.45) is 5.14 Å². The van der Waals surface area contributed by atoms with Gasteiger partial charge in [-0.15, -0.1) is 0 Å². The van der Waals surface area contributed by atoms with Gasteiger partial charge in [0.25, 0.3) is 5.91 Å². The fraction of sp³-hybridized carbons (Fsp3) is 0.263. The molecule has 0 fully saturated rings. The van der Waals surface area contributed by atoms with Gasteiger partial charge in [0.15, 0.2) is 5.13 Å². The number of sulfonamides is 1. The summed E-state index contributed by atoms with van der Waals surface area (Å²) in [5.74, 6) is -0.0205. The van der Waals surface area contributed by atoms with Crippen molar-refractivity contribution in [1.82, 2.24) is 14.9 Å². The summed E-state index contributed by atoms with van der Waals surface area (Å²) in [7, 11) is -3.70. The van der Waals surface area contributed by atoms with Crippen molar-refractivity contribution in [3.63, 3.8) is 0 Å². The molecule has 1 amide bonds. The summed E-state index contributed by atoms with van der Waals surface area (Å²) in [6, 6.07) is 10.2. The third-order valence-corrected chi connectivity index (χ3v) is 6.18. The Morgan fingerprint density at radius 2 is 1.86 bits per heavy atom. The van der Waals surface area contributed by atoms with Gasteiger partial charge >= 0.3 is 0 Å². The highest BCUT2D eigenvalue weighted by molar-refractivity contribution is 7.89. The van der Waals surface area contributed by atoms with Crippen molar-refractivity contribution < 1.29 is 13.2 Å². The molecule has 0 spiro atoms. The zero-order valence-corrected chi connectivity index (χ0v) is 17.3. The van der Waals surface area contributed by atoms with Gasteiger partial charge in [0.05, 0.1) is 10.6 Å². The zero-order valence-electron chi connectivity index (χ0n) is 15.6. The molecule has 2 aromatic heterocycles. The first-order chi connectivity index (χ1) is 13.3. The summed E-state index contributed by atoms with van der Waals surface area (Å²) in [5, 5.41) is 8.78. The Morgan fingerprint density at radius 3 is 2.43 bits per heavy atom. The molecule has 148 valence electrons. The van der Waals surface area contributed by atoms with Gasteiger partial charge in [-0.05, 0) is 42.2 Å². The average Bonchev–Trinajstić information content (AvgIpc) is 3.31. The second-order valence-electron chi connectivity index (χ2n) is 6.65. The Kier molecular flexibility index (Phi) is 5.97. The molecule has 9 heteroatoms. The molecular weight excluding hydrogens is 396 g/mol. The van der Waals surface area contributed by atoms with Crippen LogP contribution in [0.1, 0.15) is 40.7 Å². The molecule has 0 aliphatic carbocycles. The van der Waals surface area contributed by atoms with E-state index in [0.29, 0.717) is 17.8 Å². The van der Waals surface area contributed by atoms with Crippen molar-refractivity contribution in [1.29, 1.82) is 0 Å². The number of nitrogens with one attached hydrogen (secondary N) is 1. The van der Waals surface area contributed by atoms with Gasteiger partial charge in [0.2, 0.25) is 10.0 Å². The molecular formula is C19H22N4O3S2. The van der Waals surface area contributed by atoms with Gasteiger partial charge in [0.1, 0.15) is 4.88 Å². The van der Waals surface area contributed by atoms with Crippen molar-refractivity contribution in [2.75, 3.05) is 6.54 Å². The lowest BCUT2D eigenvalue weighted by Crippen LogP contribution is -2.26. The van der Waals surface area contributed by atoms with Crippen LogP contribution in [-0.4, -0.2) is 30.4 Å². The summed E-state index contributed by atoms with van der Waals surface area (Å²) >= 11 is 1.36. The molecule has 0 atom stereocenters. The average molecular weight is 419 g/mol. The van der Waals surface area contributed by atoms with Gasteiger partial charge in [-0.3, -0.25) is 4.79 Å². The van der Waals surface area contributed by atoms with Gasteiger partial charge < -0.3 is 9.88 Å². The monoisotopic (exact) mass is 418 g/mol. The van der Waals surface area contributed by atoms with E-state index in [4.69, 9.17) is 5.14 Å². The van der Waals surface area contributed by atoms with Crippen molar-refractivity contribution in [3.05, 3.63) is 64.9 Å². The third kappa shape index (κ3) is 4.67. The lowest BCUT2D eigenvalue weighted by Gasteiger charge is -2.07. The lowest BCUT2D eigenvalue weighted by atomic mass is 10.1. The molecule has 0 saturated carbocycles. The zero-order chi connectivity index (χ0) is 20.3. The van der Waals surface area contributed by atoms with Crippen LogP contribution in [0.25, 0.3) is 5.13 Å². The molecule has 7 nitrogen and oxygen atoms in total. The van der Waals surface area contributed by atoms with Crippen LogP contribution in [0.2, 0.25) is 0 Å². The van der Waals surface area contributed by atoms with Crippen molar-refractivity contribution in [3.8, 4) is 5.13 Å². The second kappa shape index (κ2) is 8.26. The highest BCUT2D eigenvalue weighted by atomic mass is 32.2. The number of thiazole rings is 1. The van der Waals surface area contributed by atoms with Crippen LogP contribution in [0, 0.1) is 0 Å². The fourth-order valence-electron chi connectivity index (χ4n) is 2.69. The highest BCUT2D eigenvalue weighted by Crippen LogP contribution is 2.27. The second-order valence-corrected chi connectivity index (χ2v) is 9.19. The predicted octanol–water partition coefficient (Wildman–Crippen LogP) is 2.68. The molecule has 3 N–H and O–H groups in total. The van der Waals surface area contributed by atoms with E-state index in [1.54, 1.807) is 12.1 Å². The molecule has 3 aromatic rings. The number of amides is 1. The quantitative estimate of drug-likeness (QED) is 0.615. The Labute approximate surface area is 168 Å². The number of hydrogen-bond donors (Lipinski definition) is 2. The first-order valence-electron chi connectivity index (χ1n) is 8.79. The van der Waals surface area contributed by atoms with Gasteiger partial charge in [-0.1, -0.05) is 37.3 Å². The van der Waals surface area contributed by atoms with Crippen molar-refractivity contribution in [2.45, 2.75) is 31.1 Å². The SMILES string of the molecule is CC(C)c1nc(-n2cccc2)sc1C(=O)NCCc1ccc(S(N)(=O)=O)cc1. The van der Waals surface area contributed by atoms with Crippen LogP contribution in [-0.2, 0) is 16.4 Å². The van der Waals surface area contributed by atoms with E-state index in [1.165, 1.54) is 23.5 Å². The van der Waals surface area contributed by atoms with Gasteiger partial charge in [-0.2, -0.15) is 0 Å². The van der Waals surface area contributed by atoms with Crippen LogP contribution >= 0.6 is 11.3 Å². The highest BCUT2D eigenvalue weighted by Gasteiger charge is 2.20. The molecule has 1 aromatic carbocycles. The van der Waals surface area contributed by atoms with E-state index in [9.17, 15) is 13.2 Å². The summed E-state index contributed by atoms with van der Waals surface area (Å²) in [5.41, 5.74) is 1.69. The normalized spacial score (nSPS) is 11.7. The summed E-state index contributed by atoms with van der Waals surface area (Å²) in [4.78, 5) is 18.0. The minimum atomic E-state index is -3.70. The summed E-state index contributed by atoms with van der Waals surface area (Å²) in [6.07, 6.45) is 4.38. The number of hydrogen-bond acceptors (Lipinski definition) is 5. The maximum absolute atomic E-state index is 12.7. The molecule has 28 heavy (non-hydrogen) atoms. The third-order valence-electron chi connectivity index (χ3n) is 4.17. The number of aromatic nitrogens is 2. The first kappa shape index (κ1) is 20.2. The van der Waals surface area contributed by atoms with Gasteiger partial charge in [-0.25, -0.2) is 18.5 Å². The fourth-order valence-corrected chi connectivity index (χ4v) is 4.31. The minimum Gasteiger partial charge on any atom is -0.351 e. The topological polar surface area (TPSA) is 107 Å². The van der Waals surface area contributed by atoms with Crippen molar-refractivity contribution >= 4 is 27.3 Å². The Bertz CT molecular complexity index is 1050. The number of carbonyl (C=O) groups excluding carboxylic acids is 1. The molecule has 0 bridgehead atoms. The van der Waals surface area contributed by atoms with Crippen LogP contribution in [0.15, 0.2) is 53.7 Å². The molecule has 3 rings (SSSR count). The van der Waals surface area contributed by atoms with E-state index < -0.39 is 10.0 Å². The van der Waals surface area contributed by atoms with Gasteiger partial charge in [0, 0.05) is 18.9 Å². The number of primary sulfonamides is 1. The standard InChI is InChI=1S/C19H22N4O3S2/c1-13(2)16-17(27-19(22-16)23-11-3-4-12-23)18(24)21-10-9-14-5-7-15(8-6-14)28(20,25)26/h3-8,11-13H,9-10H2,1-2H3,(H,21,24)(H2,20,25,26). The molecule has 0 radical (unpaired) electrons. The van der Waals surface area contributed by atoms with E-state index in [1.807, 2.05) is 42.9 Å². The Balaban J connectivity index is 1.66. The Hall–Kier alpha value is -2.49.